The first-order chi connectivity index (χ1) is 21.9. The maximum absolute atomic E-state index is 12.1. The van der Waals surface area contributed by atoms with Gasteiger partial charge in [0.2, 0.25) is 0 Å². The van der Waals surface area contributed by atoms with Gasteiger partial charge in [-0.1, -0.05) is 114 Å². The van der Waals surface area contributed by atoms with E-state index in [4.69, 9.17) is 9.47 Å². The van der Waals surface area contributed by atoms with Crippen molar-refractivity contribution >= 4 is 11.9 Å². The number of hydrogen-bond donors (Lipinski definition) is 0. The second-order valence-electron chi connectivity index (χ2n) is 12.4. The summed E-state index contributed by atoms with van der Waals surface area (Å²) < 4.78 is 9.84. The molecule has 0 aliphatic heterocycles. The fourth-order valence-corrected chi connectivity index (χ4v) is 7.06. The third-order valence-electron chi connectivity index (χ3n) is 9.55. The van der Waals surface area contributed by atoms with Crippen LogP contribution < -0.4 is 0 Å². The molecule has 0 amide bonds. The molecule has 0 spiro atoms. The quantitative estimate of drug-likeness (QED) is 0.106. The molecule has 0 aromatic heterocycles. The Morgan fingerprint density at radius 1 is 0.511 bits per heavy atom. The normalized spacial score (nSPS) is 12.8. The van der Waals surface area contributed by atoms with Crippen LogP contribution in [0.15, 0.2) is 84.9 Å². The third-order valence-corrected chi connectivity index (χ3v) is 9.55. The van der Waals surface area contributed by atoms with Crippen LogP contribution in [0.3, 0.4) is 0 Å². The molecule has 0 saturated carbocycles. The maximum Gasteiger partial charge on any atom is 0.337 e. The molecule has 4 aromatic rings. The fourth-order valence-electron chi connectivity index (χ4n) is 7.06. The standard InChI is InChI=1S/C41H46O4/c1-5-7-9-11-25-41(26-12-10-8-6-2)37-27-33(29-13-17-31(18-14-29)39(42)44-3)21-23-35(37)36-24-22-34(28-38(36)41)30-15-19-32(20-16-30)40(43)45-4/h13-24,27-28H,5-12,25-26H2,1-4H3. The second-order valence-corrected chi connectivity index (χ2v) is 12.4. The van der Waals surface area contributed by atoms with Crippen molar-refractivity contribution < 1.29 is 19.1 Å². The highest BCUT2D eigenvalue weighted by Gasteiger charge is 2.42. The zero-order valence-corrected chi connectivity index (χ0v) is 27.3. The van der Waals surface area contributed by atoms with Gasteiger partial charge in [-0.15, -0.1) is 0 Å². The number of methoxy groups -OCH3 is 2. The number of carbonyl (C=O) groups is 2. The largest absolute Gasteiger partial charge is 0.465 e. The number of ether oxygens (including phenoxy) is 2. The molecule has 5 rings (SSSR count). The van der Waals surface area contributed by atoms with Crippen molar-refractivity contribution in [3.05, 3.63) is 107 Å². The van der Waals surface area contributed by atoms with Crippen LogP contribution in [0, 0.1) is 0 Å². The van der Waals surface area contributed by atoms with Crippen molar-refractivity contribution in [2.45, 2.75) is 83.5 Å². The minimum atomic E-state index is -0.320. The Hall–Kier alpha value is -4.18. The lowest BCUT2D eigenvalue weighted by atomic mass is 9.70. The molecule has 45 heavy (non-hydrogen) atoms. The summed E-state index contributed by atoms with van der Waals surface area (Å²) in [5.41, 5.74) is 11.1. The lowest BCUT2D eigenvalue weighted by Gasteiger charge is -2.33. The Balaban J connectivity index is 1.61. The van der Waals surface area contributed by atoms with Crippen LogP contribution in [-0.2, 0) is 14.9 Å². The van der Waals surface area contributed by atoms with E-state index in [1.807, 2.05) is 48.5 Å². The van der Waals surface area contributed by atoms with E-state index in [-0.39, 0.29) is 17.4 Å². The minimum absolute atomic E-state index is 0.0733. The second kappa shape index (κ2) is 14.7. The summed E-state index contributed by atoms with van der Waals surface area (Å²) in [7, 11) is 2.83. The van der Waals surface area contributed by atoms with E-state index in [2.05, 4.69) is 50.2 Å². The van der Waals surface area contributed by atoms with Gasteiger partial charge in [0.25, 0.3) is 0 Å². The highest BCUT2D eigenvalue weighted by atomic mass is 16.5. The fraction of sp³-hybridized carbons (Fsp3) is 0.366. The Labute approximate surface area is 268 Å². The van der Waals surface area contributed by atoms with Crippen molar-refractivity contribution in [1.82, 2.24) is 0 Å². The predicted molar refractivity (Wildman–Crippen MR) is 184 cm³/mol. The predicted octanol–water partition coefficient (Wildman–Crippen LogP) is 10.8. The summed E-state index contributed by atoms with van der Waals surface area (Å²) >= 11 is 0. The molecule has 0 saturated heterocycles. The number of benzene rings is 4. The van der Waals surface area contributed by atoms with Crippen LogP contribution in [0.1, 0.15) is 110 Å². The van der Waals surface area contributed by atoms with Gasteiger partial charge in [0.05, 0.1) is 25.3 Å². The third kappa shape index (κ3) is 6.76. The summed E-state index contributed by atoms with van der Waals surface area (Å²) in [6.45, 7) is 4.55. The molecule has 0 unspecified atom stereocenters. The lowest BCUT2D eigenvalue weighted by Crippen LogP contribution is -2.25. The highest BCUT2D eigenvalue weighted by Crippen LogP contribution is 2.55. The van der Waals surface area contributed by atoms with Crippen molar-refractivity contribution in [1.29, 1.82) is 0 Å². The highest BCUT2D eigenvalue weighted by molar-refractivity contribution is 5.91. The monoisotopic (exact) mass is 602 g/mol. The molecular formula is C41H46O4. The van der Waals surface area contributed by atoms with Gasteiger partial charge in [-0.2, -0.15) is 0 Å². The molecule has 1 aliphatic rings. The molecule has 0 radical (unpaired) electrons. The average Bonchev–Trinajstić information content (AvgIpc) is 3.36. The molecule has 0 heterocycles. The lowest BCUT2D eigenvalue weighted by molar-refractivity contribution is 0.0592. The number of unbranched alkanes of at least 4 members (excludes halogenated alkanes) is 6. The van der Waals surface area contributed by atoms with E-state index in [1.165, 1.54) is 99.0 Å². The van der Waals surface area contributed by atoms with Crippen LogP contribution in [0.25, 0.3) is 33.4 Å². The molecule has 0 bridgehead atoms. The summed E-state index contributed by atoms with van der Waals surface area (Å²) in [5.74, 6) is -0.639. The SMILES string of the molecule is CCCCCCC1(CCCCCC)c2cc(-c3ccc(C(=O)OC)cc3)ccc2-c2ccc(-c3ccc(C(=O)OC)cc3)cc21. The Kier molecular flexibility index (Phi) is 10.5. The van der Waals surface area contributed by atoms with Gasteiger partial charge in [-0.3, -0.25) is 0 Å². The van der Waals surface area contributed by atoms with Crippen LogP contribution in [0.5, 0.6) is 0 Å². The first-order valence-corrected chi connectivity index (χ1v) is 16.6. The molecule has 4 aromatic carbocycles. The first-order valence-electron chi connectivity index (χ1n) is 16.6. The van der Waals surface area contributed by atoms with Gasteiger partial charge in [-0.25, -0.2) is 9.59 Å². The Morgan fingerprint density at radius 2 is 0.889 bits per heavy atom. The smallest absolute Gasteiger partial charge is 0.337 e. The van der Waals surface area contributed by atoms with Gasteiger partial charge in [0.15, 0.2) is 0 Å². The molecule has 0 atom stereocenters. The van der Waals surface area contributed by atoms with Crippen molar-refractivity contribution in [2.24, 2.45) is 0 Å². The van der Waals surface area contributed by atoms with Crippen LogP contribution in [0.4, 0.5) is 0 Å². The minimum Gasteiger partial charge on any atom is -0.465 e. The Bertz CT molecular complexity index is 1490. The zero-order valence-electron chi connectivity index (χ0n) is 27.3. The zero-order chi connectivity index (χ0) is 31.8. The van der Waals surface area contributed by atoms with Crippen molar-refractivity contribution in [2.75, 3.05) is 14.2 Å². The van der Waals surface area contributed by atoms with E-state index in [0.717, 1.165) is 24.0 Å². The number of fused-ring (bicyclic) bond motifs is 3. The molecule has 4 nitrogen and oxygen atoms in total. The number of esters is 2. The molecule has 0 N–H and O–H groups in total. The molecule has 234 valence electrons. The Morgan fingerprint density at radius 3 is 1.24 bits per heavy atom. The summed E-state index contributed by atoms with van der Waals surface area (Å²) in [4.78, 5) is 24.1. The van der Waals surface area contributed by atoms with Gasteiger partial charge in [0, 0.05) is 5.41 Å². The number of hydrogen-bond acceptors (Lipinski definition) is 4. The van der Waals surface area contributed by atoms with E-state index in [9.17, 15) is 9.59 Å². The van der Waals surface area contributed by atoms with Crippen molar-refractivity contribution in [3.63, 3.8) is 0 Å². The molecule has 1 aliphatic carbocycles. The van der Waals surface area contributed by atoms with Gasteiger partial charge < -0.3 is 9.47 Å². The number of rotatable bonds is 14. The van der Waals surface area contributed by atoms with Crippen LogP contribution in [-0.4, -0.2) is 26.2 Å². The molecule has 0 fully saturated rings. The van der Waals surface area contributed by atoms with Crippen LogP contribution >= 0.6 is 0 Å². The first kappa shape index (κ1) is 32.2. The summed E-state index contributed by atoms with van der Waals surface area (Å²) in [6.07, 6.45) is 12.0. The van der Waals surface area contributed by atoms with Gasteiger partial charge in [-0.05, 0) is 93.7 Å². The topological polar surface area (TPSA) is 52.6 Å². The summed E-state index contributed by atoms with van der Waals surface area (Å²) in [5, 5.41) is 0. The summed E-state index contributed by atoms with van der Waals surface area (Å²) in [6, 6.07) is 29.4. The van der Waals surface area contributed by atoms with E-state index in [0.29, 0.717) is 11.1 Å². The van der Waals surface area contributed by atoms with Crippen molar-refractivity contribution in [3.8, 4) is 33.4 Å². The van der Waals surface area contributed by atoms with E-state index < -0.39 is 0 Å². The van der Waals surface area contributed by atoms with Gasteiger partial charge >= 0.3 is 11.9 Å². The molecule has 4 heteroatoms. The van der Waals surface area contributed by atoms with E-state index in [1.54, 1.807) is 0 Å². The van der Waals surface area contributed by atoms with Gasteiger partial charge in [0.1, 0.15) is 0 Å². The van der Waals surface area contributed by atoms with Crippen LogP contribution in [0.2, 0.25) is 0 Å². The maximum atomic E-state index is 12.1. The van der Waals surface area contributed by atoms with E-state index >= 15 is 0 Å². The number of carbonyl (C=O) groups excluding carboxylic acids is 2. The average molecular weight is 603 g/mol. The molecular weight excluding hydrogens is 556 g/mol.